The van der Waals surface area contributed by atoms with Gasteiger partial charge in [-0.2, -0.15) is 4.31 Å². The summed E-state index contributed by atoms with van der Waals surface area (Å²) in [5, 5.41) is 3.93. The van der Waals surface area contributed by atoms with Crippen LogP contribution in [-0.2, 0) is 27.8 Å². The zero-order chi connectivity index (χ0) is 31.6. The van der Waals surface area contributed by atoms with Gasteiger partial charge in [0.1, 0.15) is 28.8 Å². The maximum Gasteiger partial charge on any atom is 0.245 e. The van der Waals surface area contributed by atoms with Gasteiger partial charge in [-0.15, -0.1) is 0 Å². The maximum absolute atomic E-state index is 13.9. The topological polar surface area (TPSA) is 119 Å². The minimum Gasteiger partial charge on any atom is -0.487 e. The van der Waals surface area contributed by atoms with Gasteiger partial charge in [-0.1, -0.05) is 41.4 Å². The van der Waals surface area contributed by atoms with E-state index in [0.717, 1.165) is 22.3 Å². The molecule has 0 spiro atoms. The Hall–Kier alpha value is -4.03. The van der Waals surface area contributed by atoms with Crippen molar-refractivity contribution >= 4 is 50.0 Å². The lowest BCUT2D eigenvalue weighted by Crippen LogP contribution is -2.46. The van der Waals surface area contributed by atoms with E-state index in [-0.39, 0.29) is 34.0 Å². The summed E-state index contributed by atoms with van der Waals surface area (Å²) in [5.74, 6) is 0.142. The number of amides is 1. The van der Waals surface area contributed by atoms with Crippen LogP contribution >= 0.6 is 23.2 Å². The third-order valence-corrected chi connectivity index (χ3v) is 10.6. The number of halogens is 2. The molecule has 0 unspecified atom stereocenters. The zero-order valence-corrected chi connectivity index (χ0v) is 26.7. The second-order valence-corrected chi connectivity index (χ2v) is 13.4. The molecule has 3 aromatic heterocycles. The van der Waals surface area contributed by atoms with E-state index in [4.69, 9.17) is 32.9 Å². The highest BCUT2D eigenvalue weighted by atomic mass is 35.5. The van der Waals surface area contributed by atoms with Crippen molar-refractivity contribution in [3.63, 3.8) is 0 Å². The molecule has 45 heavy (non-hydrogen) atoms. The Labute approximate surface area is 271 Å². The molecule has 6 rings (SSSR count). The van der Waals surface area contributed by atoms with Crippen LogP contribution in [0.3, 0.4) is 0 Å². The Morgan fingerprint density at radius 1 is 1.11 bits per heavy atom. The molecule has 232 valence electrons. The van der Waals surface area contributed by atoms with E-state index in [9.17, 15) is 13.2 Å². The third kappa shape index (κ3) is 6.39. The summed E-state index contributed by atoms with van der Waals surface area (Å²) >= 11 is 13.3. The molecule has 1 fully saturated rings. The molecule has 1 aliphatic heterocycles. The van der Waals surface area contributed by atoms with Gasteiger partial charge in [0.25, 0.3) is 0 Å². The van der Waals surface area contributed by atoms with E-state index >= 15 is 0 Å². The number of carbonyl (C=O) groups excluding carboxylic acids is 1. The number of nitrogens with zero attached hydrogens (tertiary/aromatic N) is 5. The molecule has 2 aromatic carbocycles. The number of para-hydroxylation sites is 1. The van der Waals surface area contributed by atoms with Gasteiger partial charge in [0.15, 0.2) is 0 Å². The normalized spacial score (nSPS) is 15.4. The summed E-state index contributed by atoms with van der Waals surface area (Å²) in [5.41, 5.74) is 3.60. The first-order chi connectivity index (χ1) is 21.7. The second kappa shape index (κ2) is 13.1. The monoisotopic (exact) mass is 664 g/mol. The maximum atomic E-state index is 13.9. The number of aromatic nitrogens is 4. The Kier molecular flexibility index (Phi) is 9.04. The van der Waals surface area contributed by atoms with Crippen LogP contribution < -0.4 is 10.1 Å². The number of sulfonamides is 1. The minimum absolute atomic E-state index is 0.0476. The van der Waals surface area contributed by atoms with Crippen LogP contribution in [0.15, 0.2) is 84.5 Å². The standard InChI is InChI=1S/C32H30Cl2N6O4S/c1-21-17-27(39-16-14-36-20-39)23-6-2-8-28(31(23)38-21)44-19-24-25(33)9-10-29(30(24)34)45(42,43)40-15-4-7-26(40)32(41)37-13-11-22-5-3-12-35-18-22/h2-3,5-6,8-10,12,14,16-18,20,26H,4,7,11,13,15,19H2,1H3,(H,37,41)/t26-/m0/s1. The van der Waals surface area contributed by atoms with Gasteiger partial charge >= 0.3 is 0 Å². The minimum atomic E-state index is -4.14. The number of fused-ring (bicyclic) bond motifs is 1. The number of ether oxygens (including phenoxy) is 1. The summed E-state index contributed by atoms with van der Waals surface area (Å²) < 4.78 is 37.2. The molecule has 1 aliphatic rings. The van der Waals surface area contributed by atoms with Crippen molar-refractivity contribution in [1.29, 1.82) is 0 Å². The van der Waals surface area contributed by atoms with Crippen molar-refractivity contribution in [2.24, 2.45) is 0 Å². The highest BCUT2D eigenvalue weighted by Gasteiger charge is 2.40. The van der Waals surface area contributed by atoms with Gasteiger partial charge in [0, 0.05) is 59.5 Å². The molecule has 13 heteroatoms. The number of imidazole rings is 1. The van der Waals surface area contributed by atoms with E-state index in [0.29, 0.717) is 42.6 Å². The van der Waals surface area contributed by atoms with Crippen LogP contribution in [0.25, 0.3) is 16.6 Å². The van der Waals surface area contributed by atoms with Crippen LogP contribution in [0.1, 0.15) is 29.7 Å². The molecule has 4 heterocycles. The summed E-state index contributed by atoms with van der Waals surface area (Å²) in [7, 11) is -4.14. The first-order valence-corrected chi connectivity index (χ1v) is 16.6. The molecule has 0 bridgehead atoms. The largest absolute Gasteiger partial charge is 0.487 e. The Morgan fingerprint density at radius 2 is 1.98 bits per heavy atom. The van der Waals surface area contributed by atoms with E-state index in [1.54, 1.807) is 31.0 Å². The third-order valence-electron chi connectivity index (χ3n) is 7.74. The number of hydrogen-bond acceptors (Lipinski definition) is 7. The van der Waals surface area contributed by atoms with Crippen molar-refractivity contribution in [3.05, 3.63) is 107 Å². The lowest BCUT2D eigenvalue weighted by molar-refractivity contribution is -0.124. The number of benzene rings is 2. The Morgan fingerprint density at radius 3 is 2.76 bits per heavy atom. The van der Waals surface area contributed by atoms with Crippen molar-refractivity contribution in [1.82, 2.24) is 29.1 Å². The van der Waals surface area contributed by atoms with E-state index in [2.05, 4.69) is 15.3 Å². The van der Waals surface area contributed by atoms with Crippen LogP contribution in [-0.4, -0.2) is 57.3 Å². The SMILES string of the molecule is Cc1cc(-n2ccnc2)c2cccc(OCc3c(Cl)ccc(S(=O)(=O)N4CCC[C@H]4C(=O)NCCc4cccnc4)c3Cl)c2n1. The Bertz CT molecular complexity index is 1960. The first kappa shape index (κ1) is 31.0. The number of rotatable bonds is 10. The predicted molar refractivity (Wildman–Crippen MR) is 172 cm³/mol. The lowest BCUT2D eigenvalue weighted by atomic mass is 10.1. The lowest BCUT2D eigenvalue weighted by Gasteiger charge is -2.24. The summed E-state index contributed by atoms with van der Waals surface area (Å²) in [6, 6.07) is 13.3. The van der Waals surface area contributed by atoms with Crippen LogP contribution in [0.5, 0.6) is 5.75 Å². The van der Waals surface area contributed by atoms with E-state index in [1.165, 1.54) is 16.4 Å². The molecule has 1 saturated heterocycles. The molecule has 10 nitrogen and oxygen atoms in total. The molecule has 5 aromatic rings. The fourth-order valence-corrected chi connectivity index (χ4v) is 8.05. The van der Waals surface area contributed by atoms with Gasteiger partial charge in [-0.05, 0) is 62.1 Å². The van der Waals surface area contributed by atoms with Crippen molar-refractivity contribution in [2.45, 2.75) is 43.7 Å². The number of carbonyl (C=O) groups is 1. The summed E-state index contributed by atoms with van der Waals surface area (Å²) in [6.45, 7) is 2.36. The first-order valence-electron chi connectivity index (χ1n) is 14.4. The predicted octanol–water partition coefficient (Wildman–Crippen LogP) is 5.52. The van der Waals surface area contributed by atoms with Gasteiger partial charge < -0.3 is 14.6 Å². The molecular formula is C32H30Cl2N6O4S. The fourth-order valence-electron chi connectivity index (χ4n) is 5.53. The average molecular weight is 666 g/mol. The number of hydrogen-bond donors (Lipinski definition) is 1. The van der Waals surface area contributed by atoms with Crippen molar-refractivity contribution in [2.75, 3.05) is 13.1 Å². The molecule has 0 radical (unpaired) electrons. The van der Waals surface area contributed by atoms with Crippen LogP contribution in [0, 0.1) is 6.92 Å². The van der Waals surface area contributed by atoms with E-state index in [1.807, 2.05) is 48.0 Å². The summed E-state index contributed by atoms with van der Waals surface area (Å²) in [6.07, 6.45) is 10.2. The molecule has 0 aliphatic carbocycles. The van der Waals surface area contributed by atoms with Gasteiger partial charge in [-0.3, -0.25) is 9.78 Å². The molecule has 1 amide bonds. The second-order valence-electron chi connectivity index (χ2n) is 10.7. The number of nitrogens with one attached hydrogen (secondary N) is 1. The van der Waals surface area contributed by atoms with Gasteiger partial charge in [-0.25, -0.2) is 18.4 Å². The fraction of sp³-hybridized carbons (Fsp3) is 0.250. The average Bonchev–Trinajstić information content (AvgIpc) is 3.75. The highest BCUT2D eigenvalue weighted by molar-refractivity contribution is 7.89. The number of pyridine rings is 2. The van der Waals surface area contributed by atoms with Gasteiger partial charge in [0.05, 0.1) is 17.0 Å². The molecule has 1 atom stereocenters. The zero-order valence-electron chi connectivity index (χ0n) is 24.4. The van der Waals surface area contributed by atoms with Crippen molar-refractivity contribution < 1.29 is 17.9 Å². The highest BCUT2D eigenvalue weighted by Crippen LogP contribution is 2.37. The summed E-state index contributed by atoms with van der Waals surface area (Å²) in [4.78, 5) is 25.9. The molecule has 1 N–H and O–H groups in total. The van der Waals surface area contributed by atoms with Crippen LogP contribution in [0.4, 0.5) is 0 Å². The quantitative estimate of drug-likeness (QED) is 0.209. The molecule has 0 saturated carbocycles. The van der Waals surface area contributed by atoms with E-state index < -0.39 is 16.1 Å². The van der Waals surface area contributed by atoms with Crippen molar-refractivity contribution in [3.8, 4) is 11.4 Å². The Balaban J connectivity index is 1.22. The molecular weight excluding hydrogens is 635 g/mol. The smallest absolute Gasteiger partial charge is 0.245 e. The van der Waals surface area contributed by atoms with Crippen LogP contribution in [0.2, 0.25) is 10.0 Å². The van der Waals surface area contributed by atoms with Gasteiger partial charge in [0.2, 0.25) is 15.9 Å². The number of aryl methyl sites for hydroxylation is 1.